The van der Waals surface area contributed by atoms with Crippen LogP contribution in [0.25, 0.3) is 0 Å². The van der Waals surface area contributed by atoms with Crippen molar-refractivity contribution in [3.8, 4) is 12.3 Å². The quantitative estimate of drug-likeness (QED) is 0.147. The normalized spacial score (nSPS) is 30.2. The average molecular weight is 534 g/mol. The molecule has 1 fully saturated rings. The summed E-state index contributed by atoms with van der Waals surface area (Å²) in [6, 6.07) is 1.29. The summed E-state index contributed by atoms with van der Waals surface area (Å²) in [5.74, 6) is 1.98. The summed E-state index contributed by atoms with van der Waals surface area (Å²) in [6.45, 7) is 2.48. The van der Waals surface area contributed by atoms with E-state index in [1.54, 1.807) is 0 Å². The molecule has 0 saturated carbocycles. The lowest BCUT2D eigenvalue weighted by Gasteiger charge is -2.29. The van der Waals surface area contributed by atoms with Crippen molar-refractivity contribution in [3.63, 3.8) is 0 Å². The van der Waals surface area contributed by atoms with Gasteiger partial charge in [-0.05, 0) is 19.9 Å². The predicted molar refractivity (Wildman–Crippen MR) is 108 cm³/mol. The minimum Gasteiger partial charge on any atom is -0.387 e. The Hall–Kier alpha value is -1.47. The lowest BCUT2D eigenvalue weighted by molar-refractivity contribution is -0.0760. The first-order valence-electron chi connectivity index (χ1n) is 8.60. The third kappa shape index (κ3) is 6.36. The number of hydrogen-bond acceptors (Lipinski definition) is 12. The minimum absolute atomic E-state index is 0.117. The molecule has 1 aliphatic rings. The van der Waals surface area contributed by atoms with E-state index in [2.05, 4.69) is 24.0 Å². The molecule has 0 radical (unpaired) electrons. The van der Waals surface area contributed by atoms with Crippen molar-refractivity contribution in [1.29, 1.82) is 0 Å². The highest BCUT2D eigenvalue weighted by Crippen LogP contribution is 2.66. The highest BCUT2D eigenvalue weighted by atomic mass is 31.3. The summed E-state index contributed by atoms with van der Waals surface area (Å²) in [6.07, 6.45) is -1.23. The highest BCUT2D eigenvalue weighted by molar-refractivity contribution is 7.66. The zero-order chi connectivity index (χ0) is 25.6. The second-order valence-electron chi connectivity index (χ2n) is 6.85. The zero-order valence-electron chi connectivity index (χ0n) is 16.9. The fraction of sp³-hybridized carbons (Fsp3) is 0.538. The average Bonchev–Trinajstić information content (AvgIpc) is 2.83. The molecule has 1 saturated heterocycles. The molecule has 33 heavy (non-hydrogen) atoms. The molecule has 0 spiro atoms. The number of aryl methyl sites for hydroxylation is 1. The Kier molecular flexibility index (Phi) is 7.82. The molecule has 1 aliphatic heterocycles. The number of rotatable bonds is 8. The number of phosphoric acid groups is 3. The number of phosphoric ester groups is 1. The Morgan fingerprint density at radius 1 is 1.27 bits per heavy atom. The van der Waals surface area contributed by atoms with Crippen LogP contribution < -0.4 is 17.2 Å². The second kappa shape index (κ2) is 9.29. The molecule has 20 heteroatoms. The lowest BCUT2D eigenvalue weighted by atomic mass is 9.90. The smallest absolute Gasteiger partial charge is 0.387 e. The number of nitrogens with zero attached hydrogens (tertiary/aromatic N) is 2. The summed E-state index contributed by atoms with van der Waals surface area (Å²) in [5.41, 5.74) is 8.75. The van der Waals surface area contributed by atoms with Gasteiger partial charge in [-0.3, -0.25) is 9.09 Å². The van der Waals surface area contributed by atoms with Crippen molar-refractivity contribution in [2.24, 2.45) is 5.73 Å². The summed E-state index contributed by atoms with van der Waals surface area (Å²) in [7, 11) is -16.9. The maximum absolute atomic E-state index is 12.3. The molecule has 17 nitrogen and oxygen atoms in total. The Morgan fingerprint density at radius 2 is 1.85 bits per heavy atom. The Balaban J connectivity index is 2.32. The van der Waals surface area contributed by atoms with Gasteiger partial charge in [0.25, 0.3) is 0 Å². The van der Waals surface area contributed by atoms with Gasteiger partial charge in [-0.1, -0.05) is 5.92 Å². The largest absolute Gasteiger partial charge is 0.490 e. The topological polar surface area (TPSA) is 276 Å². The molecule has 2 heterocycles. The maximum Gasteiger partial charge on any atom is 0.490 e. The molecule has 1 aromatic heterocycles. The number of nitrogen functional groups attached to an aromatic ring is 1. The second-order valence-corrected chi connectivity index (χ2v) is 11.2. The van der Waals surface area contributed by atoms with Crippen LogP contribution in [0.5, 0.6) is 0 Å². The standard InChI is InChI=1S/C13H21N4O13P3/c1-4-13(15)10(18)9(27-11(13)17-6(2)5-8(14)16-12(17)19)7(3)28-32(23,24)30-33(25,26)29-31(20,21)22/h1,5,7,9-11,18H,15H2,2-3H3,(H,23,24)(H,25,26)(H2,14,16,19)(H2,20,21,22)/t7-,9+,10?,11+,13+/m0/s1. The van der Waals surface area contributed by atoms with E-state index >= 15 is 0 Å². The van der Waals surface area contributed by atoms with Gasteiger partial charge in [-0.25, -0.2) is 18.5 Å². The molecule has 0 aromatic carbocycles. The van der Waals surface area contributed by atoms with Gasteiger partial charge >= 0.3 is 29.2 Å². The first-order valence-corrected chi connectivity index (χ1v) is 13.1. The van der Waals surface area contributed by atoms with Crippen LogP contribution in [-0.4, -0.2) is 58.1 Å². The molecule has 1 aromatic rings. The van der Waals surface area contributed by atoms with Gasteiger partial charge in [0.05, 0.1) is 6.10 Å². The lowest BCUT2D eigenvalue weighted by Crippen LogP contribution is -2.55. The first kappa shape index (κ1) is 27.8. The number of aromatic nitrogens is 2. The zero-order valence-corrected chi connectivity index (χ0v) is 19.5. The predicted octanol–water partition coefficient (Wildman–Crippen LogP) is -1.55. The molecule has 3 unspecified atom stereocenters. The molecule has 0 bridgehead atoms. The van der Waals surface area contributed by atoms with E-state index < -0.39 is 59.2 Å². The van der Waals surface area contributed by atoms with Crippen molar-refractivity contribution in [2.75, 3.05) is 5.73 Å². The molecule has 186 valence electrons. The summed E-state index contributed by atoms with van der Waals surface area (Å²) >= 11 is 0. The molecule has 0 aliphatic carbocycles. The third-order valence-electron chi connectivity index (χ3n) is 4.33. The van der Waals surface area contributed by atoms with Crippen LogP contribution in [0.3, 0.4) is 0 Å². The van der Waals surface area contributed by atoms with Gasteiger partial charge in [0, 0.05) is 5.69 Å². The number of aliphatic hydroxyl groups is 1. The van der Waals surface area contributed by atoms with Crippen LogP contribution in [0.1, 0.15) is 18.8 Å². The molecular formula is C13H21N4O13P3. The number of anilines is 1. The highest BCUT2D eigenvalue weighted by Gasteiger charge is 2.57. The van der Waals surface area contributed by atoms with Gasteiger partial charge in [-0.2, -0.15) is 13.6 Å². The van der Waals surface area contributed by atoms with E-state index in [1.807, 2.05) is 0 Å². The number of aliphatic hydroxyl groups excluding tert-OH is 1. The number of ether oxygens (including phenoxy) is 1. The Morgan fingerprint density at radius 3 is 2.33 bits per heavy atom. The summed E-state index contributed by atoms with van der Waals surface area (Å²) in [5, 5.41) is 10.7. The van der Waals surface area contributed by atoms with Gasteiger partial charge in [0.15, 0.2) is 11.8 Å². The first-order chi connectivity index (χ1) is 14.8. The van der Waals surface area contributed by atoms with Crippen LogP contribution in [0.2, 0.25) is 0 Å². The van der Waals surface area contributed by atoms with Crippen LogP contribution >= 0.6 is 23.5 Å². The van der Waals surface area contributed by atoms with Crippen LogP contribution in [0.15, 0.2) is 10.9 Å². The molecule has 2 rings (SSSR count). The molecular weight excluding hydrogens is 513 g/mol. The van der Waals surface area contributed by atoms with E-state index in [-0.39, 0.29) is 11.5 Å². The van der Waals surface area contributed by atoms with Crippen LogP contribution in [-0.2, 0) is 31.6 Å². The Bertz CT molecular complexity index is 1160. The fourth-order valence-corrected chi connectivity index (χ4v) is 6.24. The van der Waals surface area contributed by atoms with Gasteiger partial charge in [0.1, 0.15) is 18.0 Å². The Labute approximate surface area is 185 Å². The minimum atomic E-state index is -5.77. The van der Waals surface area contributed by atoms with E-state index in [1.165, 1.54) is 13.0 Å². The monoisotopic (exact) mass is 534 g/mol. The van der Waals surface area contributed by atoms with Crippen molar-refractivity contribution in [3.05, 3.63) is 22.2 Å². The van der Waals surface area contributed by atoms with Gasteiger partial charge < -0.3 is 40.9 Å². The van der Waals surface area contributed by atoms with Crippen LogP contribution in [0.4, 0.5) is 5.82 Å². The number of hydrogen-bond donors (Lipinski definition) is 7. The fourth-order valence-electron chi connectivity index (χ4n) is 3.04. The number of terminal acetylenes is 1. The third-order valence-corrected chi connectivity index (χ3v) is 8.25. The van der Waals surface area contributed by atoms with Crippen molar-refractivity contribution in [1.82, 2.24) is 9.55 Å². The SMILES string of the molecule is C#C[C@@]1(N)C(O)[C@@H]([C@H](C)OP(=O)(O)OP(=O)(O)OP(=O)(O)O)O[C@H]1n1c(C)cc(N)nc1=O. The van der Waals surface area contributed by atoms with Gasteiger partial charge in [0.2, 0.25) is 0 Å². The summed E-state index contributed by atoms with van der Waals surface area (Å²) < 4.78 is 52.6. The van der Waals surface area contributed by atoms with Crippen LogP contribution in [0, 0.1) is 19.3 Å². The molecule has 0 amide bonds. The van der Waals surface area contributed by atoms with E-state index in [4.69, 9.17) is 32.4 Å². The molecule has 7 atom stereocenters. The van der Waals surface area contributed by atoms with Crippen molar-refractivity contribution >= 4 is 29.3 Å². The number of nitrogens with two attached hydrogens (primary N) is 2. The van der Waals surface area contributed by atoms with Crippen molar-refractivity contribution < 1.29 is 56.3 Å². The molecule has 9 N–H and O–H groups in total. The van der Waals surface area contributed by atoms with E-state index in [0.717, 1.165) is 11.5 Å². The van der Waals surface area contributed by atoms with Gasteiger partial charge in [-0.15, -0.1) is 6.42 Å². The maximum atomic E-state index is 12.3. The van der Waals surface area contributed by atoms with Crippen molar-refractivity contribution in [2.45, 2.75) is 43.9 Å². The van der Waals surface area contributed by atoms with E-state index in [0.29, 0.717) is 0 Å². The van der Waals surface area contributed by atoms with E-state index in [9.17, 15) is 33.4 Å². The summed E-state index contributed by atoms with van der Waals surface area (Å²) in [4.78, 5) is 51.9.